The lowest BCUT2D eigenvalue weighted by molar-refractivity contribution is -0.384. The number of carbonyl (C=O) groups is 1. The molecule has 0 heterocycles. The number of amides is 1. The summed E-state index contributed by atoms with van der Waals surface area (Å²) in [5.41, 5.74) is -0.628. The van der Waals surface area contributed by atoms with Crippen LogP contribution in [0.2, 0.25) is 0 Å². The van der Waals surface area contributed by atoms with E-state index in [0.29, 0.717) is 35.5 Å². The highest BCUT2D eigenvalue weighted by molar-refractivity contribution is 14.1. The van der Waals surface area contributed by atoms with Gasteiger partial charge in [0.2, 0.25) is 0 Å². The molecule has 1 aromatic carbocycles. The maximum Gasteiger partial charge on any atom is 0.410 e. The number of nitro benzene ring substituents is 1. The molecule has 0 unspecified atom stereocenters. The lowest BCUT2D eigenvalue weighted by Gasteiger charge is -2.34. The summed E-state index contributed by atoms with van der Waals surface area (Å²) in [5.74, 6) is 0. The first-order chi connectivity index (χ1) is 13.8. The number of hydrogen-bond donors (Lipinski definition) is 1. The number of methoxy groups -OCH3 is 1. The smallest absolute Gasteiger partial charge is 0.410 e. The van der Waals surface area contributed by atoms with E-state index in [1.807, 2.05) is 42.5 Å². The van der Waals surface area contributed by atoms with Crippen molar-refractivity contribution in [3.8, 4) is 6.07 Å². The summed E-state index contributed by atoms with van der Waals surface area (Å²) in [6.07, 6.45) is -0.438. The molecule has 0 fully saturated rings. The van der Waals surface area contributed by atoms with Gasteiger partial charge in [-0.05, 0) is 54.8 Å². The normalized spacial score (nSPS) is 11.5. The second-order valence-corrected chi connectivity index (χ2v) is 9.80. The molecule has 0 saturated heterocycles. The Hall–Kier alpha value is -2.13. The number of nitro groups is 1. The average molecular weight is 532 g/mol. The Morgan fingerprint density at radius 1 is 1.33 bits per heavy atom. The van der Waals surface area contributed by atoms with E-state index in [9.17, 15) is 14.9 Å². The van der Waals surface area contributed by atoms with Crippen molar-refractivity contribution in [2.75, 3.05) is 38.7 Å². The minimum absolute atomic E-state index is 0.155. The van der Waals surface area contributed by atoms with Crippen molar-refractivity contribution in [3.63, 3.8) is 0 Å². The Balaban J connectivity index is 3.00. The van der Waals surface area contributed by atoms with E-state index in [4.69, 9.17) is 14.7 Å². The van der Waals surface area contributed by atoms with Gasteiger partial charge in [-0.15, -0.1) is 0 Å². The molecular formula is C20H29IN4O5. The first-order valence-corrected chi connectivity index (χ1v) is 10.5. The highest BCUT2D eigenvalue weighted by Gasteiger charge is 2.29. The molecule has 0 aromatic heterocycles. The van der Waals surface area contributed by atoms with Crippen molar-refractivity contribution >= 4 is 40.1 Å². The molecule has 166 valence electrons. The lowest BCUT2D eigenvalue weighted by atomic mass is 9.92. The molecule has 0 bridgehead atoms. The van der Waals surface area contributed by atoms with Gasteiger partial charge >= 0.3 is 6.09 Å². The average Bonchev–Trinajstić information content (AvgIpc) is 2.61. The molecule has 9 nitrogen and oxygen atoms in total. The zero-order chi connectivity index (χ0) is 23.1. The molecule has 0 aliphatic heterocycles. The number of benzene rings is 1. The number of halogens is 1. The van der Waals surface area contributed by atoms with Crippen LogP contribution in [0.1, 0.15) is 40.2 Å². The Bertz CT molecular complexity index is 815. The molecule has 1 amide bonds. The van der Waals surface area contributed by atoms with Crippen LogP contribution < -0.4 is 5.32 Å². The van der Waals surface area contributed by atoms with Gasteiger partial charge < -0.3 is 19.7 Å². The fourth-order valence-electron chi connectivity index (χ4n) is 2.64. The molecule has 0 saturated carbocycles. The van der Waals surface area contributed by atoms with Crippen molar-refractivity contribution in [1.82, 2.24) is 4.90 Å². The van der Waals surface area contributed by atoms with Crippen LogP contribution in [-0.4, -0.2) is 54.9 Å². The predicted octanol–water partition coefficient (Wildman–Crippen LogP) is 4.39. The maximum atomic E-state index is 12.6. The lowest BCUT2D eigenvalue weighted by Crippen LogP contribution is -2.45. The Morgan fingerprint density at radius 2 is 1.97 bits per heavy atom. The summed E-state index contributed by atoms with van der Waals surface area (Å²) >= 11 is 1.97. The van der Waals surface area contributed by atoms with E-state index in [2.05, 4.69) is 5.32 Å². The SMILES string of the molecule is COCCN(CC(C)(C)CNc1c(I)cc(C#N)cc1[N+](=O)[O-])C(=O)OC(C)(C)C. The van der Waals surface area contributed by atoms with Gasteiger partial charge in [0.05, 0.1) is 23.2 Å². The monoisotopic (exact) mass is 532 g/mol. The van der Waals surface area contributed by atoms with Gasteiger partial charge in [0, 0.05) is 36.4 Å². The number of nitriles is 1. The molecule has 0 spiro atoms. The van der Waals surface area contributed by atoms with Crippen molar-refractivity contribution in [2.24, 2.45) is 5.41 Å². The van der Waals surface area contributed by atoms with Crippen LogP contribution in [0.25, 0.3) is 0 Å². The third-order valence-corrected chi connectivity index (χ3v) is 4.83. The topological polar surface area (TPSA) is 118 Å². The fourth-order valence-corrected chi connectivity index (χ4v) is 3.44. The number of carbonyl (C=O) groups excluding carboxylic acids is 1. The summed E-state index contributed by atoms with van der Waals surface area (Å²) in [7, 11) is 1.56. The number of rotatable bonds is 9. The third kappa shape index (κ3) is 8.31. The van der Waals surface area contributed by atoms with Crippen LogP contribution in [0.5, 0.6) is 0 Å². The van der Waals surface area contributed by atoms with Gasteiger partial charge in [-0.3, -0.25) is 10.1 Å². The Labute approximate surface area is 191 Å². The van der Waals surface area contributed by atoms with Crippen LogP contribution >= 0.6 is 22.6 Å². The van der Waals surface area contributed by atoms with Crippen LogP contribution in [0, 0.1) is 30.4 Å². The van der Waals surface area contributed by atoms with E-state index in [-0.39, 0.29) is 11.3 Å². The summed E-state index contributed by atoms with van der Waals surface area (Å²) < 4.78 is 11.2. The molecule has 1 N–H and O–H groups in total. The van der Waals surface area contributed by atoms with Crippen LogP contribution in [-0.2, 0) is 9.47 Å². The molecule has 0 atom stereocenters. The van der Waals surface area contributed by atoms with Gasteiger partial charge in [-0.2, -0.15) is 5.26 Å². The van der Waals surface area contributed by atoms with Crippen molar-refractivity contribution in [2.45, 2.75) is 40.2 Å². The van der Waals surface area contributed by atoms with Gasteiger partial charge in [0.1, 0.15) is 11.3 Å². The second-order valence-electron chi connectivity index (χ2n) is 8.63. The van der Waals surface area contributed by atoms with E-state index < -0.39 is 22.0 Å². The van der Waals surface area contributed by atoms with Gasteiger partial charge in [0.15, 0.2) is 0 Å². The fraction of sp³-hybridized carbons (Fsp3) is 0.600. The maximum absolute atomic E-state index is 12.6. The summed E-state index contributed by atoms with van der Waals surface area (Å²) in [6, 6.07) is 4.78. The second kappa shape index (κ2) is 10.8. The first-order valence-electron chi connectivity index (χ1n) is 9.38. The number of ether oxygens (including phenoxy) is 2. The quantitative estimate of drug-likeness (QED) is 0.285. The first kappa shape index (κ1) is 25.9. The van der Waals surface area contributed by atoms with Gasteiger partial charge in [-0.1, -0.05) is 13.8 Å². The number of hydrogen-bond acceptors (Lipinski definition) is 7. The molecule has 30 heavy (non-hydrogen) atoms. The zero-order valence-electron chi connectivity index (χ0n) is 18.2. The van der Waals surface area contributed by atoms with Crippen LogP contribution in [0.3, 0.4) is 0 Å². The highest BCUT2D eigenvalue weighted by atomic mass is 127. The Morgan fingerprint density at radius 3 is 2.47 bits per heavy atom. The summed E-state index contributed by atoms with van der Waals surface area (Å²) in [4.78, 5) is 25.1. The molecule has 0 aliphatic rings. The van der Waals surface area contributed by atoms with E-state index in [1.165, 1.54) is 6.07 Å². The molecule has 10 heteroatoms. The molecule has 1 rings (SSSR count). The number of nitrogens with zero attached hydrogens (tertiary/aromatic N) is 3. The molecular weight excluding hydrogens is 503 g/mol. The van der Waals surface area contributed by atoms with Crippen LogP contribution in [0.4, 0.5) is 16.2 Å². The van der Waals surface area contributed by atoms with Crippen LogP contribution in [0.15, 0.2) is 12.1 Å². The van der Waals surface area contributed by atoms with Crippen molar-refractivity contribution in [1.29, 1.82) is 5.26 Å². The number of nitrogens with one attached hydrogen (secondary N) is 1. The van der Waals surface area contributed by atoms with Gasteiger partial charge in [0.25, 0.3) is 5.69 Å². The van der Waals surface area contributed by atoms with Crippen molar-refractivity contribution < 1.29 is 19.2 Å². The van der Waals surface area contributed by atoms with E-state index in [1.54, 1.807) is 38.8 Å². The predicted molar refractivity (Wildman–Crippen MR) is 122 cm³/mol. The zero-order valence-corrected chi connectivity index (χ0v) is 20.4. The van der Waals surface area contributed by atoms with E-state index in [0.717, 1.165) is 0 Å². The van der Waals surface area contributed by atoms with E-state index >= 15 is 0 Å². The minimum atomic E-state index is -0.621. The summed E-state index contributed by atoms with van der Waals surface area (Å²) in [5, 5.41) is 23.7. The molecule has 0 radical (unpaired) electrons. The van der Waals surface area contributed by atoms with Gasteiger partial charge in [-0.25, -0.2) is 4.79 Å². The standard InChI is InChI=1S/C20H29IN4O5/c1-19(2,3)30-18(26)24(7-8-29-6)13-20(4,5)12-23-17-15(21)9-14(11-22)10-16(17)25(27)28/h9-10,23H,7-8,12-13H2,1-6H3. The molecule has 1 aromatic rings. The number of anilines is 1. The molecule has 0 aliphatic carbocycles. The van der Waals surface area contributed by atoms with Crippen molar-refractivity contribution in [3.05, 3.63) is 31.4 Å². The summed E-state index contributed by atoms with van der Waals surface area (Å²) in [6.45, 7) is 10.8. The highest BCUT2D eigenvalue weighted by Crippen LogP contribution is 2.32. The largest absolute Gasteiger partial charge is 0.444 e. The minimum Gasteiger partial charge on any atom is -0.444 e. The third-order valence-electron chi connectivity index (χ3n) is 3.97. The Kier molecular flexibility index (Phi) is 9.30.